The second-order valence-corrected chi connectivity index (χ2v) is 4.98. The largest absolute Gasteiger partial charge is 0.465 e. The van der Waals surface area contributed by atoms with E-state index in [2.05, 4.69) is 9.72 Å². The number of hydrogen-bond donors (Lipinski definition) is 0. The number of carbonyl (C=O) groups is 1. The van der Waals surface area contributed by atoms with Crippen molar-refractivity contribution in [3.8, 4) is 0 Å². The van der Waals surface area contributed by atoms with Crippen molar-refractivity contribution in [3.05, 3.63) is 64.9 Å². The number of halogens is 1. The highest BCUT2D eigenvalue weighted by molar-refractivity contribution is 6.29. The summed E-state index contributed by atoms with van der Waals surface area (Å²) in [4.78, 5) is 15.7. The fourth-order valence-corrected chi connectivity index (χ4v) is 2.49. The summed E-state index contributed by atoms with van der Waals surface area (Å²) in [5.41, 5.74) is 3.42. The van der Waals surface area contributed by atoms with Crippen molar-refractivity contribution in [2.24, 2.45) is 0 Å². The molecule has 0 aliphatic carbocycles. The maximum absolute atomic E-state index is 11.4. The van der Waals surface area contributed by atoms with Crippen molar-refractivity contribution >= 4 is 28.6 Å². The van der Waals surface area contributed by atoms with Gasteiger partial charge < -0.3 is 9.30 Å². The van der Waals surface area contributed by atoms with Crippen LogP contribution in [-0.4, -0.2) is 22.6 Å². The van der Waals surface area contributed by atoms with Crippen LogP contribution in [0.2, 0.25) is 5.28 Å². The molecule has 0 N–H and O–H groups in total. The first-order valence-corrected chi connectivity index (χ1v) is 6.85. The number of methoxy groups -OCH3 is 1. The zero-order valence-corrected chi connectivity index (χ0v) is 12.2. The molecular weight excluding hydrogens is 288 g/mol. The average molecular weight is 301 g/mol. The molecule has 0 saturated carbocycles. The van der Waals surface area contributed by atoms with Crippen LogP contribution in [0.5, 0.6) is 0 Å². The normalized spacial score (nSPS) is 10.8. The molecule has 0 aliphatic heterocycles. The van der Waals surface area contributed by atoms with Gasteiger partial charge in [-0.25, -0.2) is 9.78 Å². The second-order valence-electron chi connectivity index (χ2n) is 4.64. The minimum atomic E-state index is -0.340. The Morgan fingerprint density at radius 3 is 2.62 bits per heavy atom. The minimum Gasteiger partial charge on any atom is -0.465 e. The minimum absolute atomic E-state index is 0.340. The highest BCUT2D eigenvalue weighted by atomic mass is 35.5. The third-order valence-corrected chi connectivity index (χ3v) is 3.61. The third kappa shape index (κ3) is 2.62. The first-order valence-electron chi connectivity index (χ1n) is 6.47. The van der Waals surface area contributed by atoms with E-state index in [1.807, 2.05) is 41.0 Å². The number of hydrogen-bond acceptors (Lipinski definition) is 3. The number of ether oxygens (including phenoxy) is 1. The molecule has 21 heavy (non-hydrogen) atoms. The maximum Gasteiger partial charge on any atom is 0.337 e. The lowest BCUT2D eigenvalue weighted by atomic mass is 10.1. The lowest BCUT2D eigenvalue weighted by Gasteiger charge is -2.07. The molecule has 0 radical (unpaired) electrons. The number of para-hydroxylation sites is 2. The highest BCUT2D eigenvalue weighted by Gasteiger charge is 2.09. The van der Waals surface area contributed by atoms with Crippen molar-refractivity contribution in [1.82, 2.24) is 9.55 Å². The maximum atomic E-state index is 11.4. The summed E-state index contributed by atoms with van der Waals surface area (Å²) in [6.45, 7) is 0.598. The van der Waals surface area contributed by atoms with Crippen molar-refractivity contribution in [2.45, 2.75) is 6.54 Å². The Balaban J connectivity index is 1.92. The topological polar surface area (TPSA) is 44.1 Å². The molecule has 5 heteroatoms. The van der Waals surface area contributed by atoms with Crippen LogP contribution in [0.3, 0.4) is 0 Å². The molecule has 0 amide bonds. The van der Waals surface area contributed by atoms with Crippen LogP contribution in [-0.2, 0) is 11.3 Å². The Morgan fingerprint density at radius 1 is 1.19 bits per heavy atom. The molecule has 0 fully saturated rings. The van der Waals surface area contributed by atoms with Gasteiger partial charge in [0.2, 0.25) is 5.28 Å². The third-order valence-electron chi connectivity index (χ3n) is 3.32. The number of esters is 1. The summed E-state index contributed by atoms with van der Waals surface area (Å²) >= 11 is 6.20. The zero-order valence-electron chi connectivity index (χ0n) is 11.4. The zero-order chi connectivity index (χ0) is 14.8. The molecule has 3 rings (SSSR count). The van der Waals surface area contributed by atoms with Gasteiger partial charge >= 0.3 is 5.97 Å². The Kier molecular flexibility index (Phi) is 3.62. The summed E-state index contributed by atoms with van der Waals surface area (Å²) < 4.78 is 6.62. The van der Waals surface area contributed by atoms with E-state index >= 15 is 0 Å². The quantitative estimate of drug-likeness (QED) is 0.695. The summed E-state index contributed by atoms with van der Waals surface area (Å²) in [6, 6.07) is 15.1. The molecule has 0 unspecified atom stereocenters. The van der Waals surface area contributed by atoms with Gasteiger partial charge in [-0.15, -0.1) is 0 Å². The standard InChI is InChI=1S/C16H13ClN2O2/c1-21-15(20)12-8-6-11(7-9-12)10-19-14-5-3-2-4-13(14)18-16(19)17/h2-9H,10H2,1H3. The van der Waals surface area contributed by atoms with Crippen LogP contribution in [0.4, 0.5) is 0 Å². The van der Waals surface area contributed by atoms with E-state index in [0.717, 1.165) is 16.6 Å². The molecule has 2 aromatic carbocycles. The molecule has 106 valence electrons. The first-order chi connectivity index (χ1) is 10.2. The lowest BCUT2D eigenvalue weighted by Crippen LogP contribution is -2.03. The first kappa shape index (κ1) is 13.6. The van der Waals surface area contributed by atoms with Crippen LogP contribution >= 0.6 is 11.6 Å². The number of rotatable bonds is 3. The molecule has 1 heterocycles. The molecule has 1 aromatic heterocycles. The monoisotopic (exact) mass is 300 g/mol. The van der Waals surface area contributed by atoms with E-state index in [1.54, 1.807) is 12.1 Å². The number of carbonyl (C=O) groups excluding carboxylic acids is 1. The van der Waals surface area contributed by atoms with E-state index in [4.69, 9.17) is 11.6 Å². The van der Waals surface area contributed by atoms with Crippen LogP contribution in [0.25, 0.3) is 11.0 Å². The Labute approximate surface area is 126 Å². The molecule has 0 saturated heterocycles. The van der Waals surface area contributed by atoms with Crippen LogP contribution in [0.15, 0.2) is 48.5 Å². The summed E-state index contributed by atoms with van der Waals surface area (Å²) in [7, 11) is 1.37. The predicted molar refractivity (Wildman–Crippen MR) is 81.6 cm³/mol. The van der Waals surface area contributed by atoms with Crippen molar-refractivity contribution in [2.75, 3.05) is 7.11 Å². The number of benzene rings is 2. The van der Waals surface area contributed by atoms with Gasteiger partial charge in [-0.1, -0.05) is 24.3 Å². The molecule has 0 atom stereocenters. The van der Waals surface area contributed by atoms with Crippen molar-refractivity contribution in [3.63, 3.8) is 0 Å². The molecule has 4 nitrogen and oxygen atoms in total. The van der Waals surface area contributed by atoms with E-state index in [1.165, 1.54) is 7.11 Å². The van der Waals surface area contributed by atoms with Crippen molar-refractivity contribution < 1.29 is 9.53 Å². The average Bonchev–Trinajstić information content (AvgIpc) is 2.83. The summed E-state index contributed by atoms with van der Waals surface area (Å²) in [6.07, 6.45) is 0. The van der Waals surface area contributed by atoms with Crippen molar-refractivity contribution in [1.29, 1.82) is 0 Å². The number of fused-ring (bicyclic) bond motifs is 1. The van der Waals surface area contributed by atoms with Gasteiger partial charge in [0.25, 0.3) is 0 Å². The second kappa shape index (κ2) is 5.58. The van der Waals surface area contributed by atoms with E-state index in [-0.39, 0.29) is 5.97 Å². The smallest absolute Gasteiger partial charge is 0.337 e. The predicted octanol–water partition coefficient (Wildman–Crippen LogP) is 3.52. The number of imidazole rings is 1. The van der Waals surface area contributed by atoms with Crippen LogP contribution in [0, 0.1) is 0 Å². The number of nitrogens with zero attached hydrogens (tertiary/aromatic N) is 2. The summed E-state index contributed by atoms with van der Waals surface area (Å²) in [5.74, 6) is -0.340. The summed E-state index contributed by atoms with van der Waals surface area (Å²) in [5, 5.41) is 0.452. The Hall–Kier alpha value is -2.33. The van der Waals surface area contributed by atoms with Gasteiger partial charge in [-0.2, -0.15) is 0 Å². The molecule has 0 aliphatic rings. The molecule has 3 aromatic rings. The van der Waals surface area contributed by atoms with E-state index < -0.39 is 0 Å². The SMILES string of the molecule is COC(=O)c1ccc(Cn2c(Cl)nc3ccccc32)cc1. The van der Waals surface area contributed by atoms with Gasteiger partial charge in [0.05, 0.1) is 30.3 Å². The fourth-order valence-electron chi connectivity index (χ4n) is 2.24. The Bertz CT molecular complexity index is 794. The van der Waals surface area contributed by atoms with E-state index in [9.17, 15) is 4.79 Å². The number of aromatic nitrogens is 2. The van der Waals surface area contributed by atoms with Gasteiger partial charge in [-0.05, 0) is 41.4 Å². The fraction of sp³-hybridized carbons (Fsp3) is 0.125. The Morgan fingerprint density at radius 2 is 1.90 bits per heavy atom. The van der Waals surface area contributed by atoms with Gasteiger partial charge in [0.15, 0.2) is 0 Å². The van der Waals surface area contributed by atoms with Gasteiger partial charge in [-0.3, -0.25) is 0 Å². The highest BCUT2D eigenvalue weighted by Crippen LogP contribution is 2.21. The van der Waals surface area contributed by atoms with Gasteiger partial charge in [0.1, 0.15) is 0 Å². The lowest BCUT2D eigenvalue weighted by molar-refractivity contribution is 0.0600. The van der Waals surface area contributed by atoms with Gasteiger partial charge in [0, 0.05) is 0 Å². The molecule has 0 bridgehead atoms. The van der Waals surface area contributed by atoms with Crippen LogP contribution < -0.4 is 0 Å². The molecular formula is C16H13ClN2O2. The van der Waals surface area contributed by atoms with E-state index in [0.29, 0.717) is 17.4 Å². The molecule has 0 spiro atoms. The van der Waals surface area contributed by atoms with Crippen LogP contribution in [0.1, 0.15) is 15.9 Å².